The van der Waals surface area contributed by atoms with Gasteiger partial charge >= 0.3 is 0 Å². The quantitative estimate of drug-likeness (QED) is 0.717. The van der Waals surface area contributed by atoms with Gasteiger partial charge < -0.3 is 20.1 Å². The van der Waals surface area contributed by atoms with Crippen molar-refractivity contribution in [1.82, 2.24) is 10.2 Å². The average molecular weight is 452 g/mol. The molecular formula is C27H37N3O3. The second-order valence-corrected chi connectivity index (χ2v) is 10.0. The molecule has 1 aliphatic carbocycles. The van der Waals surface area contributed by atoms with Gasteiger partial charge in [0.15, 0.2) is 0 Å². The number of fused-ring (bicyclic) bond motifs is 1. The lowest BCUT2D eigenvalue weighted by Gasteiger charge is -2.53. The zero-order valence-corrected chi connectivity index (χ0v) is 20.8. The zero-order valence-electron chi connectivity index (χ0n) is 20.8. The van der Waals surface area contributed by atoms with Gasteiger partial charge in [-0.3, -0.25) is 9.69 Å². The number of aryl methyl sites for hydroxylation is 2. The molecule has 33 heavy (non-hydrogen) atoms. The van der Waals surface area contributed by atoms with Crippen LogP contribution in [0.2, 0.25) is 0 Å². The van der Waals surface area contributed by atoms with Gasteiger partial charge in [-0.05, 0) is 56.0 Å². The Bertz CT molecular complexity index is 1060. The molecule has 1 aliphatic heterocycles. The first-order chi connectivity index (χ1) is 15.6. The Balaban J connectivity index is 1.74. The van der Waals surface area contributed by atoms with Crippen LogP contribution in [0.15, 0.2) is 30.3 Å². The van der Waals surface area contributed by atoms with Crippen LogP contribution in [0.25, 0.3) is 0 Å². The van der Waals surface area contributed by atoms with Crippen LogP contribution in [-0.2, 0) is 16.9 Å². The first-order valence-corrected chi connectivity index (χ1v) is 12.0. The molecule has 4 rings (SSSR count). The molecule has 2 N–H and O–H groups in total. The van der Waals surface area contributed by atoms with Gasteiger partial charge in [0, 0.05) is 44.1 Å². The Morgan fingerprint density at radius 2 is 1.79 bits per heavy atom. The highest BCUT2D eigenvalue weighted by molar-refractivity contribution is 5.75. The van der Waals surface area contributed by atoms with E-state index in [9.17, 15) is 9.90 Å². The molecule has 0 radical (unpaired) electrons. The molecule has 6 nitrogen and oxygen atoms in total. The topological polar surface area (TPSA) is 65.0 Å². The van der Waals surface area contributed by atoms with E-state index in [2.05, 4.69) is 48.0 Å². The van der Waals surface area contributed by atoms with Crippen molar-refractivity contribution in [1.29, 1.82) is 0 Å². The van der Waals surface area contributed by atoms with Crippen molar-refractivity contribution in [2.45, 2.75) is 53.6 Å². The molecule has 1 unspecified atom stereocenters. The highest BCUT2D eigenvalue weighted by Crippen LogP contribution is 2.56. The van der Waals surface area contributed by atoms with Gasteiger partial charge in [0.2, 0.25) is 5.91 Å². The largest absolute Gasteiger partial charge is 0.507 e. The van der Waals surface area contributed by atoms with E-state index in [4.69, 9.17) is 4.74 Å². The molecule has 178 valence electrons. The molecule has 0 spiro atoms. The Morgan fingerprint density at radius 1 is 1.12 bits per heavy atom. The number of amides is 1. The average Bonchev–Trinajstić information content (AvgIpc) is 3.00. The molecule has 1 atom stereocenters. The molecule has 0 bridgehead atoms. The minimum absolute atomic E-state index is 0.0846. The maximum Gasteiger partial charge on any atom is 0.218 e. The molecule has 1 saturated heterocycles. The predicted molar refractivity (Wildman–Crippen MR) is 132 cm³/mol. The van der Waals surface area contributed by atoms with Crippen molar-refractivity contribution in [2.75, 3.05) is 37.7 Å². The van der Waals surface area contributed by atoms with E-state index in [0.717, 1.165) is 60.7 Å². The van der Waals surface area contributed by atoms with Crippen LogP contribution in [-0.4, -0.2) is 48.7 Å². The lowest BCUT2D eigenvalue weighted by molar-refractivity contribution is -0.129. The summed E-state index contributed by atoms with van der Waals surface area (Å²) in [6, 6.07) is 10.2. The number of hydrogen-bond acceptors (Lipinski definition) is 5. The Morgan fingerprint density at radius 3 is 2.42 bits per heavy atom. The first kappa shape index (κ1) is 23.4. The summed E-state index contributed by atoms with van der Waals surface area (Å²) in [6.07, 6.45) is 0.801. The smallest absolute Gasteiger partial charge is 0.218 e. The summed E-state index contributed by atoms with van der Waals surface area (Å²) in [5.41, 5.74) is 4.11. The van der Waals surface area contributed by atoms with Crippen molar-refractivity contribution in [2.24, 2.45) is 5.41 Å². The van der Waals surface area contributed by atoms with E-state index in [1.54, 1.807) is 6.92 Å². The molecule has 1 heterocycles. The molecule has 1 fully saturated rings. The fourth-order valence-corrected chi connectivity index (χ4v) is 5.97. The number of ether oxygens (including phenoxy) is 1. The summed E-state index contributed by atoms with van der Waals surface area (Å²) in [6.45, 7) is 15.8. The van der Waals surface area contributed by atoms with E-state index in [0.29, 0.717) is 12.4 Å². The molecule has 2 aromatic carbocycles. The highest BCUT2D eigenvalue weighted by atomic mass is 16.5. The number of carbonyl (C=O) groups is 1. The molecular weight excluding hydrogens is 414 g/mol. The number of phenols is 1. The number of piperazine rings is 1. The third kappa shape index (κ3) is 3.74. The van der Waals surface area contributed by atoms with E-state index in [1.165, 1.54) is 5.56 Å². The van der Waals surface area contributed by atoms with Crippen molar-refractivity contribution >= 4 is 11.6 Å². The minimum Gasteiger partial charge on any atom is -0.507 e. The van der Waals surface area contributed by atoms with Gasteiger partial charge in [-0.2, -0.15) is 0 Å². The molecule has 0 aromatic heterocycles. The number of benzene rings is 2. The second-order valence-electron chi connectivity index (χ2n) is 10.0. The van der Waals surface area contributed by atoms with Gasteiger partial charge in [0.1, 0.15) is 17.2 Å². The number of nitrogens with zero attached hydrogens (tertiary/aromatic N) is 2. The number of hydrogen-bond donors (Lipinski definition) is 2. The first-order valence-electron chi connectivity index (χ1n) is 12.0. The lowest BCUT2D eigenvalue weighted by Crippen LogP contribution is -2.67. The number of phenolic OH excluding ortho intramolecular Hbond substituents is 1. The van der Waals surface area contributed by atoms with E-state index in [1.807, 2.05) is 32.0 Å². The molecule has 2 aromatic rings. The summed E-state index contributed by atoms with van der Waals surface area (Å²) < 4.78 is 5.87. The summed E-state index contributed by atoms with van der Waals surface area (Å²) in [5.74, 6) is 1.12. The van der Waals surface area contributed by atoms with Crippen LogP contribution in [0.3, 0.4) is 0 Å². The molecule has 0 saturated carbocycles. The fourth-order valence-electron chi connectivity index (χ4n) is 5.97. The Labute approximate surface area is 197 Å². The number of nitrogens with one attached hydrogen (secondary N) is 1. The third-order valence-corrected chi connectivity index (χ3v) is 7.40. The molecule has 1 amide bonds. The Hall–Kier alpha value is -2.73. The summed E-state index contributed by atoms with van der Waals surface area (Å²) in [4.78, 5) is 17.3. The van der Waals surface area contributed by atoms with Gasteiger partial charge in [0.25, 0.3) is 0 Å². The molecule has 2 aliphatic rings. The van der Waals surface area contributed by atoms with Crippen LogP contribution in [0.4, 0.5) is 5.69 Å². The fraction of sp³-hybridized carbons (Fsp3) is 0.519. The standard InChI is InChI=1S/C27H37N3O3/c1-7-33-23-11-9-8-10-22(23)29-12-14-30(15-13-29)27(28-20(4)31)24-21(17-26(27,5)6)18(2)16-19(3)25(24)32/h8-11,16,32H,7,12-15,17H2,1-6H3,(H,28,31). The predicted octanol–water partition coefficient (Wildman–Crippen LogP) is 4.10. The third-order valence-electron chi connectivity index (χ3n) is 7.40. The van der Waals surface area contributed by atoms with E-state index < -0.39 is 5.66 Å². The van der Waals surface area contributed by atoms with Crippen molar-refractivity contribution in [3.63, 3.8) is 0 Å². The number of anilines is 1. The van der Waals surface area contributed by atoms with Crippen LogP contribution >= 0.6 is 0 Å². The zero-order chi connectivity index (χ0) is 24.0. The van der Waals surface area contributed by atoms with E-state index in [-0.39, 0.29) is 11.3 Å². The second kappa shape index (κ2) is 8.56. The van der Waals surface area contributed by atoms with Crippen LogP contribution < -0.4 is 15.0 Å². The van der Waals surface area contributed by atoms with Crippen LogP contribution in [0.5, 0.6) is 11.5 Å². The molecule has 6 heteroatoms. The van der Waals surface area contributed by atoms with Gasteiger partial charge in [-0.15, -0.1) is 0 Å². The normalized spacial score (nSPS) is 22.2. The van der Waals surface area contributed by atoms with Gasteiger partial charge in [0.05, 0.1) is 12.3 Å². The van der Waals surface area contributed by atoms with Gasteiger partial charge in [-0.25, -0.2) is 0 Å². The maximum atomic E-state index is 12.6. The monoisotopic (exact) mass is 451 g/mol. The number of rotatable bonds is 5. The number of carbonyl (C=O) groups excluding carboxylic acids is 1. The SMILES string of the molecule is CCOc1ccccc1N1CCN(C2(NC(C)=O)c3c(O)c(C)cc(C)c3CC2(C)C)CC1. The minimum atomic E-state index is -0.763. The lowest BCUT2D eigenvalue weighted by atomic mass is 9.77. The van der Waals surface area contributed by atoms with Crippen LogP contribution in [0, 0.1) is 19.3 Å². The number of aromatic hydroxyl groups is 1. The summed E-state index contributed by atoms with van der Waals surface area (Å²) in [5, 5.41) is 14.6. The van der Waals surface area contributed by atoms with Crippen molar-refractivity contribution in [3.05, 3.63) is 52.6 Å². The van der Waals surface area contributed by atoms with E-state index >= 15 is 0 Å². The van der Waals surface area contributed by atoms with Crippen molar-refractivity contribution in [3.8, 4) is 11.5 Å². The Kier molecular flexibility index (Phi) is 6.08. The maximum absolute atomic E-state index is 12.6. The summed E-state index contributed by atoms with van der Waals surface area (Å²) in [7, 11) is 0. The summed E-state index contributed by atoms with van der Waals surface area (Å²) >= 11 is 0. The van der Waals surface area contributed by atoms with Crippen LogP contribution in [0.1, 0.15) is 49.9 Å². The number of para-hydroxylation sites is 2. The van der Waals surface area contributed by atoms with Gasteiger partial charge in [-0.1, -0.05) is 32.0 Å². The van der Waals surface area contributed by atoms with Crippen molar-refractivity contribution < 1.29 is 14.6 Å². The highest BCUT2D eigenvalue weighted by Gasteiger charge is 2.59.